The molecule has 0 saturated carbocycles. The van der Waals surface area contributed by atoms with Crippen LogP contribution in [0.4, 0.5) is 23.7 Å². The van der Waals surface area contributed by atoms with Gasteiger partial charge in [0.1, 0.15) is 21.3 Å². The molecule has 42 heavy (non-hydrogen) atoms. The number of nitro benzene ring substituents is 1. The highest BCUT2D eigenvalue weighted by molar-refractivity contribution is 7.14. The molecule has 3 heterocycles. The first-order valence-corrected chi connectivity index (χ1v) is 13.9. The van der Waals surface area contributed by atoms with Crippen LogP contribution in [0, 0.1) is 10.1 Å². The first-order valence-electron chi connectivity index (χ1n) is 13.1. The van der Waals surface area contributed by atoms with E-state index in [-0.39, 0.29) is 24.8 Å². The zero-order valence-electron chi connectivity index (χ0n) is 23.3. The molecule has 2 aromatic heterocycles. The molecule has 4 rings (SSSR count). The third kappa shape index (κ3) is 8.66. The summed E-state index contributed by atoms with van der Waals surface area (Å²) in [6.07, 6.45) is -3.78. The molecule has 11 nitrogen and oxygen atoms in total. The van der Waals surface area contributed by atoms with E-state index < -0.39 is 40.8 Å². The summed E-state index contributed by atoms with van der Waals surface area (Å²) in [5.74, 6) is 0. The zero-order chi connectivity index (χ0) is 30.7. The Hall–Kier alpha value is -3.69. The molecule has 226 valence electrons. The molecule has 15 heteroatoms. The third-order valence-electron chi connectivity index (χ3n) is 6.09. The number of carbonyl (C=O) groups is 1. The molecule has 0 spiro atoms. The summed E-state index contributed by atoms with van der Waals surface area (Å²) in [5, 5.41) is 24.0. The van der Waals surface area contributed by atoms with Crippen molar-refractivity contribution in [2.24, 2.45) is 0 Å². The molecule has 0 aliphatic carbocycles. The fourth-order valence-corrected chi connectivity index (χ4v) is 5.09. The second-order valence-corrected chi connectivity index (χ2v) is 11.8. The van der Waals surface area contributed by atoms with E-state index in [1.54, 1.807) is 39.8 Å². The second-order valence-electron chi connectivity index (χ2n) is 10.7. The lowest BCUT2D eigenvalue weighted by atomic mass is 10.0. The van der Waals surface area contributed by atoms with Crippen LogP contribution in [0.3, 0.4) is 0 Å². The van der Waals surface area contributed by atoms with Gasteiger partial charge in [0.2, 0.25) is 0 Å². The number of alkyl carbamates (subject to hydrolysis) is 1. The Morgan fingerprint density at radius 2 is 1.93 bits per heavy atom. The van der Waals surface area contributed by atoms with Crippen LogP contribution in [0.1, 0.15) is 55.9 Å². The zero-order valence-corrected chi connectivity index (χ0v) is 24.1. The number of halogens is 3. The number of nitrogens with zero attached hydrogens (tertiary/aromatic N) is 4. The van der Waals surface area contributed by atoms with Gasteiger partial charge in [0.15, 0.2) is 12.6 Å². The standard InChI is InChI=1S/C27H30F3N5O6S/c1-15-39-23(40-15)13-18-12-17(6-8-20(18)35(37)38)24-34-33-22(42-24)10-7-19(32-25(36)41-26(2,3)4)11-16-5-9-21(31-14-16)27(28,29)30/h5-6,8-9,12,14-15,19,23H,7,10-11,13H2,1-4H3,(H,32,36). The van der Waals surface area contributed by atoms with Crippen molar-refractivity contribution >= 4 is 23.1 Å². The van der Waals surface area contributed by atoms with Crippen molar-refractivity contribution in [3.05, 3.63) is 68.5 Å². The molecule has 1 aromatic carbocycles. The van der Waals surface area contributed by atoms with Gasteiger partial charge in [-0.2, -0.15) is 13.2 Å². The summed E-state index contributed by atoms with van der Waals surface area (Å²) < 4.78 is 55.0. The fraction of sp³-hybridized carbons (Fsp3) is 0.481. The Labute approximate surface area is 243 Å². The number of aryl methyl sites for hydroxylation is 1. The van der Waals surface area contributed by atoms with Gasteiger partial charge in [-0.1, -0.05) is 17.4 Å². The van der Waals surface area contributed by atoms with Crippen molar-refractivity contribution in [2.45, 2.75) is 83.8 Å². The number of aromatic nitrogens is 3. The Kier molecular flexibility index (Phi) is 9.43. The number of amides is 1. The number of benzene rings is 1. The van der Waals surface area contributed by atoms with E-state index in [1.807, 2.05) is 0 Å². The lowest BCUT2D eigenvalue weighted by Crippen LogP contribution is -2.40. The van der Waals surface area contributed by atoms with Crippen LogP contribution in [-0.2, 0) is 39.6 Å². The maximum Gasteiger partial charge on any atom is 0.433 e. The highest BCUT2D eigenvalue weighted by Crippen LogP contribution is 2.32. The highest BCUT2D eigenvalue weighted by Gasteiger charge is 2.32. The molecule has 1 fully saturated rings. The minimum atomic E-state index is -4.55. The largest absolute Gasteiger partial charge is 0.444 e. The van der Waals surface area contributed by atoms with E-state index in [1.165, 1.54) is 23.5 Å². The Balaban J connectivity index is 1.46. The number of alkyl halides is 3. The topological polar surface area (TPSA) is 139 Å². The molecule has 1 saturated heterocycles. The molecule has 1 aliphatic rings. The van der Waals surface area contributed by atoms with Crippen molar-refractivity contribution < 1.29 is 37.1 Å². The molecule has 1 unspecified atom stereocenters. The lowest BCUT2D eigenvalue weighted by molar-refractivity contribution is -0.389. The predicted octanol–water partition coefficient (Wildman–Crippen LogP) is 5.86. The minimum Gasteiger partial charge on any atom is -0.444 e. The predicted molar refractivity (Wildman–Crippen MR) is 146 cm³/mol. The summed E-state index contributed by atoms with van der Waals surface area (Å²) in [5.41, 5.74) is -0.194. The van der Waals surface area contributed by atoms with Gasteiger partial charge in [0.05, 0.1) is 4.92 Å². The van der Waals surface area contributed by atoms with Crippen LogP contribution in [-0.4, -0.2) is 50.4 Å². The molecule has 0 bridgehead atoms. The van der Waals surface area contributed by atoms with Crippen molar-refractivity contribution in [1.82, 2.24) is 20.5 Å². The van der Waals surface area contributed by atoms with Crippen LogP contribution in [0.15, 0.2) is 36.5 Å². The summed E-state index contributed by atoms with van der Waals surface area (Å²) in [7, 11) is 0. The van der Waals surface area contributed by atoms with Gasteiger partial charge < -0.3 is 19.5 Å². The maximum absolute atomic E-state index is 12.9. The molecular formula is C27H30F3N5O6S. The van der Waals surface area contributed by atoms with Crippen LogP contribution in [0.5, 0.6) is 0 Å². The van der Waals surface area contributed by atoms with E-state index in [4.69, 9.17) is 14.2 Å². The average Bonchev–Trinajstić information content (AvgIpc) is 3.34. The number of nitro groups is 1. The number of ether oxygens (including phenoxy) is 3. The molecule has 1 N–H and O–H groups in total. The maximum atomic E-state index is 12.9. The number of rotatable bonds is 10. The quantitative estimate of drug-likeness (QED) is 0.221. The van der Waals surface area contributed by atoms with E-state index in [9.17, 15) is 28.1 Å². The molecule has 1 aliphatic heterocycles. The fourth-order valence-electron chi connectivity index (χ4n) is 4.24. The van der Waals surface area contributed by atoms with Crippen LogP contribution in [0.2, 0.25) is 0 Å². The van der Waals surface area contributed by atoms with Crippen molar-refractivity contribution in [2.75, 3.05) is 0 Å². The number of hydrogen-bond donors (Lipinski definition) is 1. The van der Waals surface area contributed by atoms with E-state index in [0.29, 0.717) is 39.5 Å². The first-order chi connectivity index (χ1) is 19.7. The van der Waals surface area contributed by atoms with Crippen molar-refractivity contribution in [1.29, 1.82) is 0 Å². The number of pyridine rings is 1. The Morgan fingerprint density at radius 1 is 1.19 bits per heavy atom. The Morgan fingerprint density at radius 3 is 2.52 bits per heavy atom. The number of hydrogen-bond acceptors (Lipinski definition) is 10. The lowest BCUT2D eigenvalue weighted by Gasteiger charge is -2.33. The van der Waals surface area contributed by atoms with Crippen molar-refractivity contribution in [3.63, 3.8) is 0 Å². The third-order valence-corrected chi connectivity index (χ3v) is 7.12. The average molecular weight is 610 g/mol. The van der Waals surface area contributed by atoms with Crippen LogP contribution >= 0.6 is 11.3 Å². The summed E-state index contributed by atoms with van der Waals surface area (Å²) in [4.78, 5) is 27.1. The van der Waals surface area contributed by atoms with Crippen LogP contribution < -0.4 is 5.32 Å². The molecule has 1 atom stereocenters. The normalized spacial score (nSPS) is 17.8. The minimum absolute atomic E-state index is 0.0518. The van der Waals surface area contributed by atoms with Gasteiger partial charge in [-0.15, -0.1) is 10.2 Å². The van der Waals surface area contributed by atoms with Gasteiger partial charge >= 0.3 is 12.3 Å². The monoisotopic (exact) mass is 609 g/mol. The van der Waals surface area contributed by atoms with E-state index in [2.05, 4.69) is 20.5 Å². The van der Waals surface area contributed by atoms with E-state index >= 15 is 0 Å². The van der Waals surface area contributed by atoms with Crippen molar-refractivity contribution in [3.8, 4) is 10.6 Å². The van der Waals surface area contributed by atoms with Gasteiger partial charge in [0, 0.05) is 42.3 Å². The summed E-state index contributed by atoms with van der Waals surface area (Å²) in [6, 6.07) is 6.41. The summed E-state index contributed by atoms with van der Waals surface area (Å²) >= 11 is 1.29. The number of nitrogens with one attached hydrogen (secondary N) is 1. The molecule has 1 amide bonds. The molecule has 3 aromatic rings. The Bertz CT molecular complexity index is 1400. The first kappa shape index (κ1) is 31.3. The van der Waals surface area contributed by atoms with Crippen LogP contribution in [0.25, 0.3) is 10.6 Å². The van der Waals surface area contributed by atoms with Gasteiger partial charge in [-0.25, -0.2) is 4.79 Å². The summed E-state index contributed by atoms with van der Waals surface area (Å²) in [6.45, 7) is 6.90. The van der Waals surface area contributed by atoms with E-state index in [0.717, 1.165) is 12.3 Å². The highest BCUT2D eigenvalue weighted by atomic mass is 32.1. The van der Waals surface area contributed by atoms with Gasteiger partial charge in [-0.05, 0) is 64.3 Å². The molecular weight excluding hydrogens is 579 g/mol. The SMILES string of the molecule is CC1OC(Cc2cc(-c3nnc(CCC(Cc4ccc(C(F)(F)F)nc4)NC(=O)OC(C)(C)C)s3)ccc2[N+](=O)[O-])O1. The second kappa shape index (κ2) is 12.7. The van der Waals surface area contributed by atoms with Gasteiger partial charge in [-0.3, -0.25) is 15.1 Å². The smallest absolute Gasteiger partial charge is 0.433 e. The number of carbonyl (C=O) groups excluding carboxylic acids is 1. The molecule has 0 radical (unpaired) electrons. The van der Waals surface area contributed by atoms with Gasteiger partial charge in [0.25, 0.3) is 5.69 Å².